The lowest BCUT2D eigenvalue weighted by Gasteiger charge is -2.15. The Kier molecular flexibility index (Phi) is 8.04. The van der Waals surface area contributed by atoms with E-state index in [2.05, 4.69) is 25.3 Å². The van der Waals surface area contributed by atoms with Crippen molar-refractivity contribution >= 4 is 23.6 Å². The molecule has 2 aromatic rings. The van der Waals surface area contributed by atoms with Gasteiger partial charge in [-0.2, -0.15) is 0 Å². The van der Waals surface area contributed by atoms with Crippen molar-refractivity contribution in [2.45, 2.75) is 32.1 Å². The number of hydrogen-bond donors (Lipinski definition) is 3. The van der Waals surface area contributed by atoms with Crippen LogP contribution in [0.1, 0.15) is 42.5 Å². The number of nitrogens with one attached hydrogen (secondary N) is 2. The number of carbonyl (C=O) groups is 2. The molecule has 0 fully saturated rings. The van der Waals surface area contributed by atoms with E-state index >= 15 is 0 Å². The van der Waals surface area contributed by atoms with Gasteiger partial charge in [0.1, 0.15) is 0 Å². The molecule has 0 bridgehead atoms. The summed E-state index contributed by atoms with van der Waals surface area (Å²) in [6.07, 6.45) is 11.3. The first-order valence-electron chi connectivity index (χ1n) is 8.64. The number of nitrogens with zero attached hydrogens (tertiary/aromatic N) is 5. The zero-order chi connectivity index (χ0) is 19.5. The van der Waals surface area contributed by atoms with E-state index in [1.165, 1.54) is 12.4 Å². The lowest BCUT2D eigenvalue weighted by atomic mass is 10.1. The zero-order valence-corrected chi connectivity index (χ0v) is 15.1. The second-order valence-corrected chi connectivity index (χ2v) is 5.85. The molecule has 2 aromatic heterocycles. The van der Waals surface area contributed by atoms with Gasteiger partial charge in [-0.1, -0.05) is 12.8 Å². The third kappa shape index (κ3) is 6.59. The fraction of sp³-hybridized carbons (Fsp3) is 0.412. The number of hydrogen-bond acceptors (Lipinski definition) is 8. The van der Waals surface area contributed by atoms with Crippen molar-refractivity contribution in [2.75, 3.05) is 18.5 Å². The van der Waals surface area contributed by atoms with E-state index in [1.54, 1.807) is 36.0 Å². The summed E-state index contributed by atoms with van der Waals surface area (Å²) in [4.78, 5) is 41.2. The Balaban J connectivity index is 1.72. The molecule has 0 unspecified atom stereocenters. The molecule has 0 saturated carbocycles. The van der Waals surface area contributed by atoms with Gasteiger partial charge in [-0.3, -0.25) is 24.7 Å². The molecule has 0 aromatic carbocycles. The lowest BCUT2D eigenvalue weighted by molar-refractivity contribution is -0.129. The molecule has 2 rings (SSSR count). The van der Waals surface area contributed by atoms with E-state index in [9.17, 15) is 9.59 Å². The Labute approximate surface area is 157 Å². The third-order valence-electron chi connectivity index (χ3n) is 3.83. The number of amides is 2. The monoisotopic (exact) mass is 373 g/mol. The van der Waals surface area contributed by atoms with Crippen LogP contribution in [0, 0.1) is 0 Å². The summed E-state index contributed by atoms with van der Waals surface area (Å²) in [6, 6.07) is 0. The molecule has 0 radical (unpaired) electrons. The van der Waals surface area contributed by atoms with Crippen LogP contribution in [-0.2, 0) is 4.79 Å². The lowest BCUT2D eigenvalue weighted by Crippen LogP contribution is -2.25. The summed E-state index contributed by atoms with van der Waals surface area (Å²) in [6.45, 7) is 0.534. The van der Waals surface area contributed by atoms with E-state index in [-0.39, 0.29) is 11.8 Å². The van der Waals surface area contributed by atoms with Crippen molar-refractivity contribution in [2.24, 2.45) is 0 Å². The average molecular weight is 373 g/mol. The van der Waals surface area contributed by atoms with Crippen LogP contribution in [0.4, 0.5) is 11.8 Å². The molecule has 2 amide bonds. The summed E-state index contributed by atoms with van der Waals surface area (Å²) in [5.41, 5.74) is 1.98. The van der Waals surface area contributed by atoms with Crippen LogP contribution in [0.5, 0.6) is 0 Å². The van der Waals surface area contributed by atoms with Crippen LogP contribution in [-0.4, -0.2) is 50.5 Å². The van der Waals surface area contributed by atoms with E-state index in [0.29, 0.717) is 36.7 Å². The van der Waals surface area contributed by atoms with Crippen molar-refractivity contribution in [3.05, 3.63) is 36.5 Å². The molecule has 0 spiro atoms. The van der Waals surface area contributed by atoms with Crippen LogP contribution in [0.3, 0.4) is 0 Å². The first-order chi connectivity index (χ1) is 13.1. The zero-order valence-electron chi connectivity index (χ0n) is 15.1. The quantitative estimate of drug-likeness (QED) is 0.322. The van der Waals surface area contributed by atoms with Gasteiger partial charge in [0.2, 0.25) is 11.9 Å². The highest BCUT2D eigenvalue weighted by Crippen LogP contribution is 2.15. The second-order valence-electron chi connectivity index (χ2n) is 5.85. The van der Waals surface area contributed by atoms with Crippen molar-refractivity contribution in [1.82, 2.24) is 30.7 Å². The Morgan fingerprint density at radius 1 is 1.04 bits per heavy atom. The number of carbonyl (C=O) groups excluding carboxylic acids is 2. The minimum absolute atomic E-state index is 0.233. The highest BCUT2D eigenvalue weighted by molar-refractivity contribution is 5.93. The van der Waals surface area contributed by atoms with Crippen LogP contribution in [0.15, 0.2) is 31.0 Å². The highest BCUT2D eigenvalue weighted by Gasteiger charge is 2.11. The Morgan fingerprint density at radius 2 is 1.78 bits per heavy atom. The number of hydroxylamine groups is 1. The topological polar surface area (TPSA) is 133 Å². The normalized spacial score (nSPS) is 10.3. The maximum atomic E-state index is 12.1. The summed E-state index contributed by atoms with van der Waals surface area (Å²) in [7, 11) is 1.77. The SMILES string of the molecule is CN(c1cnccn1)c1ncc(C(=O)NCCCCCCC(=O)NO)cn1. The minimum Gasteiger partial charge on any atom is -0.352 e. The summed E-state index contributed by atoms with van der Waals surface area (Å²) >= 11 is 0. The van der Waals surface area contributed by atoms with Crippen molar-refractivity contribution in [3.8, 4) is 0 Å². The molecule has 0 aliphatic carbocycles. The fourth-order valence-corrected chi connectivity index (χ4v) is 2.30. The van der Waals surface area contributed by atoms with Gasteiger partial charge in [0.15, 0.2) is 5.82 Å². The molecular weight excluding hydrogens is 350 g/mol. The van der Waals surface area contributed by atoms with Gasteiger partial charge in [0.25, 0.3) is 5.91 Å². The van der Waals surface area contributed by atoms with Gasteiger partial charge >= 0.3 is 0 Å². The van der Waals surface area contributed by atoms with E-state index in [1.807, 2.05) is 0 Å². The molecule has 0 aliphatic rings. The molecule has 10 nitrogen and oxygen atoms in total. The maximum Gasteiger partial charge on any atom is 0.254 e. The standard InChI is InChI=1S/C17H23N7O3/c1-24(14-12-18-8-9-19-14)17-21-10-13(11-22-17)16(26)20-7-5-3-2-4-6-15(25)23-27/h8-12,27H,2-7H2,1H3,(H,20,26)(H,23,25). The molecular formula is C17H23N7O3. The van der Waals surface area contributed by atoms with Crippen molar-refractivity contribution < 1.29 is 14.8 Å². The largest absolute Gasteiger partial charge is 0.352 e. The molecule has 3 N–H and O–H groups in total. The summed E-state index contributed by atoms with van der Waals surface area (Å²) in [5.74, 6) is 0.408. The Morgan fingerprint density at radius 3 is 2.44 bits per heavy atom. The first kappa shape index (κ1) is 20.2. The Hall–Kier alpha value is -3.14. The van der Waals surface area contributed by atoms with E-state index in [4.69, 9.17) is 5.21 Å². The number of rotatable bonds is 10. The van der Waals surface area contributed by atoms with Crippen LogP contribution >= 0.6 is 0 Å². The molecule has 0 aliphatic heterocycles. The molecule has 10 heteroatoms. The molecule has 27 heavy (non-hydrogen) atoms. The van der Waals surface area contributed by atoms with Crippen LogP contribution in [0.2, 0.25) is 0 Å². The number of unbranched alkanes of at least 4 members (excludes halogenated alkanes) is 3. The average Bonchev–Trinajstić information content (AvgIpc) is 2.72. The van der Waals surface area contributed by atoms with Crippen LogP contribution < -0.4 is 15.7 Å². The number of anilines is 2. The minimum atomic E-state index is -0.378. The molecule has 0 saturated heterocycles. The Bertz CT molecular complexity index is 725. The maximum absolute atomic E-state index is 12.1. The second kappa shape index (κ2) is 10.8. The van der Waals surface area contributed by atoms with Gasteiger partial charge in [-0.15, -0.1) is 0 Å². The van der Waals surface area contributed by atoms with E-state index in [0.717, 1.165) is 19.3 Å². The first-order valence-corrected chi connectivity index (χ1v) is 8.64. The molecule has 144 valence electrons. The predicted molar refractivity (Wildman–Crippen MR) is 97.5 cm³/mol. The smallest absolute Gasteiger partial charge is 0.254 e. The van der Waals surface area contributed by atoms with Gasteiger partial charge in [0.05, 0.1) is 11.8 Å². The fourth-order valence-electron chi connectivity index (χ4n) is 2.30. The van der Waals surface area contributed by atoms with Crippen molar-refractivity contribution in [1.29, 1.82) is 0 Å². The molecule has 2 heterocycles. The van der Waals surface area contributed by atoms with Crippen molar-refractivity contribution in [3.63, 3.8) is 0 Å². The number of aromatic nitrogens is 4. The third-order valence-corrected chi connectivity index (χ3v) is 3.83. The highest BCUT2D eigenvalue weighted by atomic mass is 16.5. The van der Waals surface area contributed by atoms with E-state index < -0.39 is 0 Å². The summed E-state index contributed by atoms with van der Waals surface area (Å²) in [5, 5.41) is 11.2. The molecule has 0 atom stereocenters. The van der Waals surface area contributed by atoms with Gasteiger partial charge in [0, 0.05) is 44.8 Å². The van der Waals surface area contributed by atoms with Gasteiger partial charge < -0.3 is 5.32 Å². The van der Waals surface area contributed by atoms with Gasteiger partial charge in [-0.05, 0) is 12.8 Å². The summed E-state index contributed by atoms with van der Waals surface area (Å²) < 4.78 is 0. The van der Waals surface area contributed by atoms with Crippen LogP contribution in [0.25, 0.3) is 0 Å². The predicted octanol–water partition coefficient (Wildman–Crippen LogP) is 1.22. The van der Waals surface area contributed by atoms with Gasteiger partial charge in [-0.25, -0.2) is 20.4 Å².